The zero-order chi connectivity index (χ0) is 13.8. The first-order chi connectivity index (χ1) is 9.83. The van der Waals surface area contributed by atoms with Gasteiger partial charge in [0.2, 0.25) is 5.91 Å². The molecular formula is C17H25ClN2O. The van der Waals surface area contributed by atoms with Crippen LogP contribution in [0.1, 0.15) is 50.1 Å². The largest absolute Gasteiger partial charge is 0.349 e. The van der Waals surface area contributed by atoms with E-state index in [2.05, 4.69) is 34.9 Å². The van der Waals surface area contributed by atoms with Gasteiger partial charge in [0.25, 0.3) is 0 Å². The highest BCUT2D eigenvalue weighted by molar-refractivity contribution is 5.85. The third-order valence-electron chi connectivity index (χ3n) is 4.45. The second-order valence-electron chi connectivity index (χ2n) is 6.13. The Hall–Kier alpha value is -1.06. The second kappa shape index (κ2) is 7.81. The van der Waals surface area contributed by atoms with Crippen LogP contribution in [0.25, 0.3) is 0 Å². The van der Waals surface area contributed by atoms with Crippen LogP contribution in [0.3, 0.4) is 0 Å². The Morgan fingerprint density at radius 1 is 1.24 bits per heavy atom. The van der Waals surface area contributed by atoms with Gasteiger partial charge in [-0.2, -0.15) is 0 Å². The minimum atomic E-state index is 0. The SMILES string of the molecule is Cl.O=C(CCC1CCCN1)NC(c1ccccc1)C1CC1. The smallest absolute Gasteiger partial charge is 0.220 e. The summed E-state index contributed by atoms with van der Waals surface area (Å²) in [4.78, 5) is 12.2. The summed E-state index contributed by atoms with van der Waals surface area (Å²) >= 11 is 0. The van der Waals surface area contributed by atoms with Gasteiger partial charge in [-0.3, -0.25) is 4.79 Å². The summed E-state index contributed by atoms with van der Waals surface area (Å²) in [6.45, 7) is 1.11. The van der Waals surface area contributed by atoms with Gasteiger partial charge in [-0.25, -0.2) is 0 Å². The lowest BCUT2D eigenvalue weighted by atomic mass is 10.0. The van der Waals surface area contributed by atoms with Crippen LogP contribution in [0.15, 0.2) is 30.3 Å². The van der Waals surface area contributed by atoms with Crippen LogP contribution in [-0.4, -0.2) is 18.5 Å². The van der Waals surface area contributed by atoms with Crippen molar-refractivity contribution in [1.29, 1.82) is 0 Å². The molecule has 0 aromatic heterocycles. The van der Waals surface area contributed by atoms with Crippen molar-refractivity contribution in [1.82, 2.24) is 10.6 Å². The molecule has 2 fully saturated rings. The van der Waals surface area contributed by atoms with E-state index in [1.54, 1.807) is 0 Å². The predicted octanol–water partition coefficient (Wildman–Crippen LogP) is 3.21. The van der Waals surface area contributed by atoms with E-state index in [0.717, 1.165) is 13.0 Å². The Morgan fingerprint density at radius 2 is 2.00 bits per heavy atom. The number of amides is 1. The molecule has 1 aliphatic heterocycles. The van der Waals surface area contributed by atoms with Gasteiger partial charge in [-0.15, -0.1) is 12.4 Å². The molecule has 1 amide bonds. The van der Waals surface area contributed by atoms with Gasteiger partial charge < -0.3 is 10.6 Å². The first-order valence-corrected chi connectivity index (χ1v) is 7.90. The number of carbonyl (C=O) groups is 1. The molecule has 0 spiro atoms. The van der Waals surface area contributed by atoms with Crippen molar-refractivity contribution < 1.29 is 4.79 Å². The van der Waals surface area contributed by atoms with Crippen LogP contribution >= 0.6 is 12.4 Å². The summed E-state index contributed by atoms with van der Waals surface area (Å²) in [6.07, 6.45) is 6.57. The van der Waals surface area contributed by atoms with E-state index >= 15 is 0 Å². The van der Waals surface area contributed by atoms with Gasteiger partial charge in [-0.1, -0.05) is 30.3 Å². The van der Waals surface area contributed by atoms with Gasteiger partial charge in [0.15, 0.2) is 0 Å². The maximum absolute atomic E-state index is 12.2. The van der Waals surface area contributed by atoms with E-state index in [0.29, 0.717) is 18.4 Å². The molecule has 2 aliphatic rings. The molecule has 1 saturated heterocycles. The first-order valence-electron chi connectivity index (χ1n) is 7.90. The molecule has 4 heteroatoms. The fourth-order valence-corrected chi connectivity index (χ4v) is 3.12. The number of rotatable bonds is 6. The van der Waals surface area contributed by atoms with Crippen molar-refractivity contribution in [3.05, 3.63) is 35.9 Å². The van der Waals surface area contributed by atoms with Crippen molar-refractivity contribution in [2.24, 2.45) is 5.92 Å². The molecule has 116 valence electrons. The van der Waals surface area contributed by atoms with E-state index in [9.17, 15) is 4.79 Å². The molecule has 1 aromatic rings. The Balaban J connectivity index is 0.00000161. The van der Waals surface area contributed by atoms with Crippen molar-refractivity contribution in [2.75, 3.05) is 6.54 Å². The summed E-state index contributed by atoms with van der Waals surface area (Å²) in [6, 6.07) is 11.2. The molecule has 1 aliphatic carbocycles. The third kappa shape index (κ3) is 4.72. The highest BCUT2D eigenvalue weighted by Gasteiger charge is 2.33. The minimum Gasteiger partial charge on any atom is -0.349 e. The lowest BCUT2D eigenvalue weighted by Gasteiger charge is -2.19. The van der Waals surface area contributed by atoms with Crippen LogP contribution in [0, 0.1) is 5.92 Å². The Labute approximate surface area is 133 Å². The van der Waals surface area contributed by atoms with Crippen LogP contribution in [-0.2, 0) is 4.79 Å². The number of nitrogens with one attached hydrogen (secondary N) is 2. The zero-order valence-corrected chi connectivity index (χ0v) is 13.2. The van der Waals surface area contributed by atoms with Crippen molar-refractivity contribution in [3.8, 4) is 0 Å². The summed E-state index contributed by atoms with van der Waals surface area (Å²) in [7, 11) is 0. The van der Waals surface area contributed by atoms with Crippen molar-refractivity contribution in [2.45, 2.75) is 50.6 Å². The summed E-state index contributed by atoms with van der Waals surface area (Å²) in [5.74, 6) is 0.852. The van der Waals surface area contributed by atoms with Crippen LogP contribution in [0.5, 0.6) is 0 Å². The molecule has 1 saturated carbocycles. The lowest BCUT2D eigenvalue weighted by molar-refractivity contribution is -0.122. The molecule has 1 heterocycles. The fourth-order valence-electron chi connectivity index (χ4n) is 3.12. The fraction of sp³-hybridized carbons (Fsp3) is 0.588. The zero-order valence-electron chi connectivity index (χ0n) is 12.4. The second-order valence-corrected chi connectivity index (χ2v) is 6.13. The monoisotopic (exact) mass is 308 g/mol. The average molecular weight is 309 g/mol. The molecule has 0 bridgehead atoms. The molecule has 0 radical (unpaired) electrons. The van der Waals surface area contributed by atoms with Gasteiger partial charge >= 0.3 is 0 Å². The minimum absolute atomic E-state index is 0. The highest BCUT2D eigenvalue weighted by Crippen LogP contribution is 2.40. The summed E-state index contributed by atoms with van der Waals surface area (Å²) in [5, 5.41) is 6.70. The maximum Gasteiger partial charge on any atom is 0.220 e. The van der Waals surface area contributed by atoms with Crippen LogP contribution in [0.4, 0.5) is 0 Å². The summed E-state index contributed by atoms with van der Waals surface area (Å²) < 4.78 is 0. The Bertz CT molecular complexity index is 441. The normalized spacial score (nSPS) is 22.4. The van der Waals surface area contributed by atoms with Crippen LogP contribution < -0.4 is 10.6 Å². The van der Waals surface area contributed by atoms with E-state index in [1.165, 1.54) is 31.2 Å². The van der Waals surface area contributed by atoms with E-state index < -0.39 is 0 Å². The summed E-state index contributed by atoms with van der Waals surface area (Å²) in [5.41, 5.74) is 1.25. The van der Waals surface area contributed by atoms with Gasteiger partial charge in [0, 0.05) is 12.5 Å². The molecule has 2 unspecified atom stereocenters. The number of hydrogen-bond donors (Lipinski definition) is 2. The van der Waals surface area contributed by atoms with Gasteiger partial charge in [-0.05, 0) is 50.1 Å². The van der Waals surface area contributed by atoms with E-state index in [4.69, 9.17) is 0 Å². The van der Waals surface area contributed by atoms with Gasteiger partial charge in [0.1, 0.15) is 0 Å². The maximum atomic E-state index is 12.2. The molecule has 1 aromatic carbocycles. The molecule has 2 atom stereocenters. The van der Waals surface area contributed by atoms with Gasteiger partial charge in [0.05, 0.1) is 6.04 Å². The topological polar surface area (TPSA) is 41.1 Å². The Morgan fingerprint density at radius 3 is 2.62 bits per heavy atom. The molecule has 3 rings (SSSR count). The number of carbonyl (C=O) groups excluding carboxylic acids is 1. The van der Waals surface area contributed by atoms with E-state index in [-0.39, 0.29) is 24.4 Å². The first kappa shape index (κ1) is 16.3. The Kier molecular flexibility index (Phi) is 6.07. The lowest BCUT2D eigenvalue weighted by Crippen LogP contribution is -2.31. The highest BCUT2D eigenvalue weighted by atomic mass is 35.5. The molecular weight excluding hydrogens is 284 g/mol. The molecule has 3 nitrogen and oxygen atoms in total. The number of hydrogen-bond acceptors (Lipinski definition) is 2. The quantitative estimate of drug-likeness (QED) is 0.847. The standard InChI is InChI=1S/C17H24N2O.ClH/c20-16(11-10-15-7-4-12-18-15)19-17(14-8-9-14)13-5-2-1-3-6-13;/h1-3,5-6,14-15,17-18H,4,7-12H2,(H,19,20);1H. The third-order valence-corrected chi connectivity index (χ3v) is 4.45. The van der Waals surface area contributed by atoms with Crippen molar-refractivity contribution in [3.63, 3.8) is 0 Å². The predicted molar refractivity (Wildman–Crippen MR) is 87.6 cm³/mol. The average Bonchev–Trinajstić information content (AvgIpc) is 3.19. The van der Waals surface area contributed by atoms with E-state index in [1.807, 2.05) is 6.07 Å². The number of benzene rings is 1. The van der Waals surface area contributed by atoms with Crippen LogP contribution in [0.2, 0.25) is 0 Å². The molecule has 2 N–H and O–H groups in total. The number of halogens is 1. The van der Waals surface area contributed by atoms with Crippen molar-refractivity contribution >= 4 is 18.3 Å². The molecule has 21 heavy (non-hydrogen) atoms.